The number of aryl methyl sites for hydroxylation is 1. The van der Waals surface area contributed by atoms with Gasteiger partial charge in [-0.2, -0.15) is 0 Å². The van der Waals surface area contributed by atoms with Crippen LogP contribution in [0, 0.1) is 6.92 Å². The number of aromatic nitrogens is 1. The number of rotatable bonds is 6. The van der Waals surface area contributed by atoms with E-state index in [1.54, 1.807) is 18.4 Å². The van der Waals surface area contributed by atoms with Crippen molar-refractivity contribution in [3.63, 3.8) is 0 Å². The minimum absolute atomic E-state index is 0.310. The third-order valence-corrected chi connectivity index (χ3v) is 4.02. The zero-order valence-electron chi connectivity index (χ0n) is 11.6. The van der Waals surface area contributed by atoms with E-state index < -0.39 is 0 Å². The van der Waals surface area contributed by atoms with E-state index >= 15 is 0 Å². The Kier molecular flexibility index (Phi) is 4.93. The highest BCUT2D eigenvalue weighted by Crippen LogP contribution is 2.23. The highest BCUT2D eigenvalue weighted by atomic mass is 32.1. The molecule has 0 bridgehead atoms. The van der Waals surface area contributed by atoms with Crippen LogP contribution in [0.4, 0.5) is 0 Å². The summed E-state index contributed by atoms with van der Waals surface area (Å²) in [5.74, 6) is 0.937. The lowest BCUT2D eigenvalue weighted by atomic mass is 10.1. The number of ether oxygens (including phenoxy) is 1. The molecular weight excluding hydrogens is 256 g/mol. The number of hydrogen-bond acceptors (Lipinski definition) is 4. The Bertz CT molecular complexity index is 511. The quantitative estimate of drug-likeness (QED) is 0.873. The van der Waals surface area contributed by atoms with Crippen molar-refractivity contribution in [2.75, 3.05) is 7.11 Å². The topological polar surface area (TPSA) is 34.1 Å². The van der Waals surface area contributed by atoms with Gasteiger partial charge in [-0.15, -0.1) is 11.3 Å². The summed E-state index contributed by atoms with van der Waals surface area (Å²) in [6, 6.07) is 6.57. The molecule has 2 rings (SSSR count). The molecule has 4 heteroatoms. The molecule has 1 N–H and O–H groups in total. The van der Waals surface area contributed by atoms with Crippen molar-refractivity contribution >= 4 is 11.3 Å². The fourth-order valence-electron chi connectivity index (χ4n) is 2.09. The molecule has 0 saturated heterocycles. The molecule has 0 radical (unpaired) electrons. The second-order valence-electron chi connectivity index (χ2n) is 4.53. The molecule has 102 valence electrons. The largest absolute Gasteiger partial charge is 0.496 e. The third kappa shape index (κ3) is 3.55. The van der Waals surface area contributed by atoms with Crippen LogP contribution in [0.25, 0.3) is 0 Å². The van der Waals surface area contributed by atoms with E-state index in [0.29, 0.717) is 6.04 Å². The molecule has 2 aromatic rings. The Morgan fingerprint density at radius 1 is 1.42 bits per heavy atom. The molecule has 0 aliphatic rings. The van der Waals surface area contributed by atoms with Crippen molar-refractivity contribution in [3.8, 4) is 5.75 Å². The monoisotopic (exact) mass is 276 g/mol. The van der Waals surface area contributed by atoms with Crippen LogP contribution in [0.5, 0.6) is 5.75 Å². The lowest BCUT2D eigenvalue weighted by Crippen LogP contribution is -2.20. The summed E-state index contributed by atoms with van der Waals surface area (Å²) >= 11 is 1.70. The first-order valence-electron chi connectivity index (χ1n) is 6.51. The Labute approximate surface area is 118 Å². The average molecular weight is 276 g/mol. The average Bonchev–Trinajstić information content (AvgIpc) is 2.94. The SMILES string of the molecule is CCC(NCc1cc(C)ccc1OC)c1nccs1. The summed E-state index contributed by atoms with van der Waals surface area (Å²) in [5, 5.41) is 6.73. The van der Waals surface area contributed by atoms with Crippen molar-refractivity contribution in [1.82, 2.24) is 10.3 Å². The summed E-state index contributed by atoms with van der Waals surface area (Å²) in [7, 11) is 1.71. The van der Waals surface area contributed by atoms with Crippen LogP contribution in [0.3, 0.4) is 0 Å². The van der Waals surface area contributed by atoms with Crippen molar-refractivity contribution < 1.29 is 4.74 Å². The van der Waals surface area contributed by atoms with Crippen molar-refractivity contribution in [2.24, 2.45) is 0 Å². The zero-order valence-corrected chi connectivity index (χ0v) is 12.5. The first-order chi connectivity index (χ1) is 9.24. The van der Waals surface area contributed by atoms with Gasteiger partial charge in [-0.25, -0.2) is 4.98 Å². The predicted molar refractivity (Wildman–Crippen MR) is 79.7 cm³/mol. The minimum Gasteiger partial charge on any atom is -0.496 e. The Morgan fingerprint density at radius 3 is 2.89 bits per heavy atom. The second-order valence-corrected chi connectivity index (χ2v) is 5.45. The van der Waals surface area contributed by atoms with Crippen LogP contribution in [-0.2, 0) is 6.54 Å². The van der Waals surface area contributed by atoms with Gasteiger partial charge in [-0.05, 0) is 19.4 Å². The summed E-state index contributed by atoms with van der Waals surface area (Å²) in [4.78, 5) is 4.38. The third-order valence-electron chi connectivity index (χ3n) is 3.13. The molecule has 0 aliphatic carbocycles. The van der Waals surface area contributed by atoms with Gasteiger partial charge in [0.05, 0.1) is 13.2 Å². The number of thiazole rings is 1. The fourth-order valence-corrected chi connectivity index (χ4v) is 2.89. The number of nitrogens with zero attached hydrogens (tertiary/aromatic N) is 1. The van der Waals surface area contributed by atoms with Crippen LogP contribution >= 0.6 is 11.3 Å². The van der Waals surface area contributed by atoms with Gasteiger partial charge in [0.25, 0.3) is 0 Å². The Hall–Kier alpha value is -1.39. The first-order valence-corrected chi connectivity index (χ1v) is 7.38. The molecule has 1 aromatic carbocycles. The number of hydrogen-bond donors (Lipinski definition) is 1. The molecule has 1 unspecified atom stereocenters. The molecule has 1 atom stereocenters. The summed E-state index contributed by atoms with van der Waals surface area (Å²) in [6.45, 7) is 5.07. The molecule has 0 aliphatic heterocycles. The first kappa shape index (κ1) is 14.0. The maximum absolute atomic E-state index is 5.40. The summed E-state index contributed by atoms with van der Waals surface area (Å²) in [6.07, 6.45) is 2.89. The van der Waals surface area contributed by atoms with Gasteiger partial charge in [0, 0.05) is 23.7 Å². The molecule has 0 amide bonds. The molecule has 1 aromatic heterocycles. The Balaban J connectivity index is 2.07. The zero-order chi connectivity index (χ0) is 13.7. The second kappa shape index (κ2) is 6.68. The highest BCUT2D eigenvalue weighted by Gasteiger charge is 2.12. The van der Waals surface area contributed by atoms with E-state index in [4.69, 9.17) is 4.74 Å². The van der Waals surface area contributed by atoms with Gasteiger partial charge in [0.15, 0.2) is 0 Å². The lowest BCUT2D eigenvalue weighted by Gasteiger charge is -2.16. The minimum atomic E-state index is 0.310. The smallest absolute Gasteiger partial charge is 0.123 e. The molecular formula is C15H20N2OS. The van der Waals surface area contributed by atoms with E-state index in [1.165, 1.54) is 11.1 Å². The lowest BCUT2D eigenvalue weighted by molar-refractivity contribution is 0.404. The van der Waals surface area contributed by atoms with Crippen molar-refractivity contribution in [3.05, 3.63) is 45.9 Å². The predicted octanol–water partition coefficient (Wildman–Crippen LogP) is 3.70. The van der Waals surface area contributed by atoms with Crippen molar-refractivity contribution in [1.29, 1.82) is 0 Å². The van der Waals surface area contributed by atoms with Gasteiger partial charge in [0.1, 0.15) is 10.8 Å². The van der Waals surface area contributed by atoms with E-state index in [-0.39, 0.29) is 0 Å². The van der Waals surface area contributed by atoms with E-state index in [0.717, 1.165) is 23.7 Å². The van der Waals surface area contributed by atoms with Gasteiger partial charge in [0.2, 0.25) is 0 Å². The van der Waals surface area contributed by atoms with E-state index in [2.05, 4.69) is 36.3 Å². The van der Waals surface area contributed by atoms with Crippen LogP contribution < -0.4 is 10.1 Å². The fraction of sp³-hybridized carbons (Fsp3) is 0.400. The van der Waals surface area contributed by atoms with Gasteiger partial charge in [-0.1, -0.05) is 24.6 Å². The van der Waals surface area contributed by atoms with Gasteiger partial charge >= 0.3 is 0 Å². The van der Waals surface area contributed by atoms with Crippen LogP contribution in [0.1, 0.15) is 35.5 Å². The van der Waals surface area contributed by atoms with Gasteiger partial charge in [-0.3, -0.25) is 0 Å². The number of nitrogens with one attached hydrogen (secondary N) is 1. The Morgan fingerprint density at radius 2 is 2.26 bits per heavy atom. The van der Waals surface area contributed by atoms with E-state index in [1.807, 2.05) is 17.6 Å². The van der Waals surface area contributed by atoms with Gasteiger partial charge < -0.3 is 10.1 Å². The molecule has 3 nitrogen and oxygen atoms in total. The molecule has 19 heavy (non-hydrogen) atoms. The van der Waals surface area contributed by atoms with E-state index in [9.17, 15) is 0 Å². The number of benzene rings is 1. The summed E-state index contributed by atoms with van der Waals surface area (Å²) < 4.78 is 5.40. The van der Waals surface area contributed by atoms with Crippen LogP contribution in [0.15, 0.2) is 29.8 Å². The molecule has 0 fully saturated rings. The van der Waals surface area contributed by atoms with Crippen LogP contribution in [0.2, 0.25) is 0 Å². The van der Waals surface area contributed by atoms with Crippen LogP contribution in [-0.4, -0.2) is 12.1 Å². The molecule has 0 saturated carbocycles. The summed E-state index contributed by atoms with van der Waals surface area (Å²) in [5.41, 5.74) is 2.44. The van der Waals surface area contributed by atoms with Crippen molar-refractivity contribution in [2.45, 2.75) is 32.9 Å². The maximum Gasteiger partial charge on any atom is 0.123 e. The normalized spacial score (nSPS) is 12.4. The molecule has 0 spiro atoms. The maximum atomic E-state index is 5.40. The highest BCUT2D eigenvalue weighted by molar-refractivity contribution is 7.09. The molecule has 1 heterocycles. The standard InChI is InChI=1S/C15H20N2OS/c1-4-13(15-16-7-8-19-15)17-10-12-9-11(2)5-6-14(12)18-3/h5-9,13,17H,4,10H2,1-3H3. The number of methoxy groups -OCH3 is 1.